The van der Waals surface area contributed by atoms with E-state index in [0.29, 0.717) is 12.0 Å². The van der Waals surface area contributed by atoms with E-state index in [9.17, 15) is 9.90 Å². The summed E-state index contributed by atoms with van der Waals surface area (Å²) < 4.78 is 5.14. The Kier molecular flexibility index (Phi) is 4.78. The van der Waals surface area contributed by atoms with Gasteiger partial charge in [-0.2, -0.15) is 0 Å². The molecule has 6 heteroatoms. The van der Waals surface area contributed by atoms with Crippen LogP contribution in [0.3, 0.4) is 0 Å². The first-order valence-corrected chi connectivity index (χ1v) is 7.24. The quantitative estimate of drug-likeness (QED) is 0.872. The molecule has 2 rings (SSSR count). The van der Waals surface area contributed by atoms with Crippen molar-refractivity contribution in [1.29, 1.82) is 0 Å². The third kappa shape index (κ3) is 2.87. The van der Waals surface area contributed by atoms with Gasteiger partial charge in [-0.15, -0.1) is 0 Å². The molecule has 0 spiro atoms. The van der Waals surface area contributed by atoms with Crippen LogP contribution in [0.25, 0.3) is 0 Å². The smallest absolute Gasteiger partial charge is 0.341 e. The van der Waals surface area contributed by atoms with E-state index in [2.05, 4.69) is 6.92 Å². The Balaban J connectivity index is 2.33. The molecular formula is C14H16Cl2O4. The van der Waals surface area contributed by atoms with Gasteiger partial charge in [-0.25, -0.2) is 4.79 Å². The lowest BCUT2D eigenvalue weighted by molar-refractivity contribution is -0.139. The number of hydrogen-bond acceptors (Lipinski definition) is 3. The number of ether oxygens (including phenoxy) is 1. The standard InChI is InChI=1S/C14H16Cl2O4/c1-2-3-7-4-8-5-9(20-6-10(17)18)12(15)13(16)11(8)14(7)19/h5,7,14,19H,2-4,6H2,1H3,(H,17,18). The number of benzene rings is 1. The zero-order valence-electron chi connectivity index (χ0n) is 11.0. The molecule has 0 radical (unpaired) electrons. The number of rotatable bonds is 5. The third-order valence-electron chi connectivity index (χ3n) is 3.53. The van der Waals surface area contributed by atoms with E-state index in [1.807, 2.05) is 0 Å². The highest BCUT2D eigenvalue weighted by Gasteiger charge is 2.34. The lowest BCUT2D eigenvalue weighted by Crippen LogP contribution is -2.10. The van der Waals surface area contributed by atoms with Gasteiger partial charge in [0, 0.05) is 5.56 Å². The van der Waals surface area contributed by atoms with Crippen LogP contribution >= 0.6 is 23.2 Å². The number of halogens is 2. The highest BCUT2D eigenvalue weighted by molar-refractivity contribution is 6.43. The van der Waals surface area contributed by atoms with Crippen LogP contribution in [-0.2, 0) is 11.2 Å². The molecule has 4 nitrogen and oxygen atoms in total. The first-order valence-electron chi connectivity index (χ1n) is 6.49. The minimum Gasteiger partial charge on any atom is -0.480 e. The second-order valence-corrected chi connectivity index (χ2v) is 5.71. The number of hydrogen-bond donors (Lipinski definition) is 2. The predicted octanol–water partition coefficient (Wildman–Crippen LogP) is 3.46. The number of carboxylic acid groups (broad SMARTS) is 1. The van der Waals surface area contributed by atoms with Gasteiger partial charge >= 0.3 is 5.97 Å². The lowest BCUT2D eigenvalue weighted by atomic mass is 9.98. The summed E-state index contributed by atoms with van der Waals surface area (Å²) in [6.07, 6.45) is 1.95. The topological polar surface area (TPSA) is 66.8 Å². The van der Waals surface area contributed by atoms with Crippen LogP contribution in [0, 0.1) is 5.92 Å². The van der Waals surface area contributed by atoms with Crippen molar-refractivity contribution in [3.8, 4) is 5.75 Å². The van der Waals surface area contributed by atoms with Crippen molar-refractivity contribution >= 4 is 29.2 Å². The van der Waals surface area contributed by atoms with E-state index in [4.69, 9.17) is 33.0 Å². The summed E-state index contributed by atoms with van der Waals surface area (Å²) >= 11 is 12.3. The largest absolute Gasteiger partial charge is 0.480 e. The molecule has 110 valence electrons. The highest BCUT2D eigenvalue weighted by Crippen LogP contribution is 2.47. The van der Waals surface area contributed by atoms with E-state index in [1.165, 1.54) is 0 Å². The number of aliphatic hydroxyl groups is 1. The van der Waals surface area contributed by atoms with Crippen LogP contribution in [0.15, 0.2) is 6.07 Å². The van der Waals surface area contributed by atoms with Gasteiger partial charge in [0.05, 0.1) is 11.1 Å². The predicted molar refractivity (Wildman–Crippen MR) is 76.7 cm³/mol. The Bertz CT molecular complexity index is 530. The molecule has 1 aromatic carbocycles. The second kappa shape index (κ2) is 6.20. The fraction of sp³-hybridized carbons (Fsp3) is 0.500. The van der Waals surface area contributed by atoms with Crippen LogP contribution in [0.1, 0.15) is 37.0 Å². The first kappa shape index (κ1) is 15.4. The van der Waals surface area contributed by atoms with Crippen molar-refractivity contribution in [3.63, 3.8) is 0 Å². The molecule has 20 heavy (non-hydrogen) atoms. The summed E-state index contributed by atoms with van der Waals surface area (Å²) in [5, 5.41) is 19.4. The zero-order valence-corrected chi connectivity index (χ0v) is 12.5. The molecule has 0 amide bonds. The molecule has 0 fully saturated rings. The molecule has 0 heterocycles. The normalized spacial score (nSPS) is 20.8. The molecule has 1 aromatic rings. The van der Waals surface area contributed by atoms with Gasteiger partial charge < -0.3 is 14.9 Å². The number of carbonyl (C=O) groups is 1. The Labute approximate surface area is 127 Å². The maximum Gasteiger partial charge on any atom is 0.341 e. The van der Waals surface area contributed by atoms with Gasteiger partial charge in [-0.3, -0.25) is 0 Å². The van der Waals surface area contributed by atoms with Crippen molar-refractivity contribution in [2.75, 3.05) is 6.61 Å². The first-order chi connectivity index (χ1) is 9.45. The Morgan fingerprint density at radius 3 is 2.75 bits per heavy atom. The highest BCUT2D eigenvalue weighted by atomic mass is 35.5. The van der Waals surface area contributed by atoms with Crippen LogP contribution in [0.5, 0.6) is 5.75 Å². The molecule has 1 aliphatic carbocycles. The van der Waals surface area contributed by atoms with Gasteiger partial charge in [0.25, 0.3) is 0 Å². The minimum atomic E-state index is -1.08. The monoisotopic (exact) mass is 318 g/mol. The van der Waals surface area contributed by atoms with Crippen LogP contribution in [-0.4, -0.2) is 22.8 Å². The van der Waals surface area contributed by atoms with Crippen molar-refractivity contribution in [2.45, 2.75) is 32.3 Å². The minimum absolute atomic E-state index is 0.123. The van der Waals surface area contributed by atoms with Crippen molar-refractivity contribution < 1.29 is 19.7 Å². The van der Waals surface area contributed by atoms with Gasteiger partial charge in [0.15, 0.2) is 6.61 Å². The van der Waals surface area contributed by atoms with E-state index < -0.39 is 18.7 Å². The van der Waals surface area contributed by atoms with Crippen LogP contribution < -0.4 is 4.74 Å². The van der Waals surface area contributed by atoms with E-state index in [-0.39, 0.29) is 21.7 Å². The second-order valence-electron chi connectivity index (χ2n) is 4.96. The van der Waals surface area contributed by atoms with Crippen LogP contribution in [0.4, 0.5) is 0 Å². The van der Waals surface area contributed by atoms with Crippen molar-refractivity contribution in [2.24, 2.45) is 5.92 Å². The van der Waals surface area contributed by atoms with Crippen molar-refractivity contribution in [3.05, 3.63) is 27.2 Å². The molecule has 0 aromatic heterocycles. The summed E-state index contributed by atoms with van der Waals surface area (Å²) in [5.41, 5.74) is 1.53. The van der Waals surface area contributed by atoms with Crippen molar-refractivity contribution in [1.82, 2.24) is 0 Å². The molecule has 0 aliphatic heterocycles. The maximum atomic E-state index is 10.6. The molecule has 1 aliphatic rings. The molecule has 0 saturated carbocycles. The number of carboxylic acids is 1. The molecule has 2 unspecified atom stereocenters. The molecule has 2 N–H and O–H groups in total. The Morgan fingerprint density at radius 2 is 2.15 bits per heavy atom. The Morgan fingerprint density at radius 1 is 1.45 bits per heavy atom. The van der Waals surface area contributed by atoms with Gasteiger partial charge in [-0.1, -0.05) is 36.5 Å². The van der Waals surface area contributed by atoms with E-state index in [1.54, 1.807) is 6.07 Å². The lowest BCUT2D eigenvalue weighted by Gasteiger charge is -2.15. The molecule has 2 atom stereocenters. The average molecular weight is 319 g/mol. The molecule has 0 bridgehead atoms. The summed E-state index contributed by atoms with van der Waals surface area (Å²) in [5.74, 6) is -0.706. The third-order valence-corrected chi connectivity index (χ3v) is 4.40. The van der Waals surface area contributed by atoms with E-state index >= 15 is 0 Å². The summed E-state index contributed by atoms with van der Waals surface area (Å²) in [6.45, 7) is 1.58. The van der Waals surface area contributed by atoms with Gasteiger partial charge in [0.1, 0.15) is 10.8 Å². The SMILES string of the molecule is CCCC1Cc2cc(OCC(=O)O)c(Cl)c(Cl)c2C1O. The molecular weight excluding hydrogens is 303 g/mol. The molecule has 0 saturated heterocycles. The van der Waals surface area contributed by atoms with E-state index in [0.717, 1.165) is 18.4 Å². The number of fused-ring (bicyclic) bond motifs is 1. The Hall–Kier alpha value is -0.970. The number of aliphatic hydroxyl groups excluding tert-OH is 1. The zero-order chi connectivity index (χ0) is 14.9. The van der Waals surface area contributed by atoms with Crippen LogP contribution in [0.2, 0.25) is 10.0 Å². The maximum absolute atomic E-state index is 10.6. The fourth-order valence-corrected chi connectivity index (χ4v) is 3.20. The summed E-state index contributed by atoms with van der Waals surface area (Å²) in [6, 6.07) is 1.69. The summed E-state index contributed by atoms with van der Waals surface area (Å²) in [7, 11) is 0. The average Bonchev–Trinajstić information content (AvgIpc) is 2.69. The van der Waals surface area contributed by atoms with Gasteiger partial charge in [0.2, 0.25) is 0 Å². The number of aliphatic carboxylic acids is 1. The fourth-order valence-electron chi connectivity index (χ4n) is 2.66. The van der Waals surface area contributed by atoms with Gasteiger partial charge in [-0.05, 0) is 30.4 Å². The summed E-state index contributed by atoms with van der Waals surface area (Å²) in [4.78, 5) is 10.6.